The number of fused-ring (bicyclic) bond motifs is 20. The molecule has 9 aliphatic rings. The fourth-order valence-corrected chi connectivity index (χ4v) is 13.0. The smallest absolute Gasteiger partial charge is 0.286 e. The predicted molar refractivity (Wildman–Crippen MR) is 170 cm³/mol. The fourth-order valence-electron chi connectivity index (χ4n) is 12.5. The van der Waals surface area contributed by atoms with Crippen molar-refractivity contribution in [3.05, 3.63) is 0 Å². The quantitative estimate of drug-likeness (QED) is 0.184. The maximum atomic E-state index is 14.8. The summed E-state index contributed by atoms with van der Waals surface area (Å²) < 4.78 is 44.5. The van der Waals surface area contributed by atoms with Gasteiger partial charge < -0.3 is 0 Å². The van der Waals surface area contributed by atoms with Crippen LogP contribution < -0.4 is 42.5 Å². The lowest BCUT2D eigenvalue weighted by Gasteiger charge is -2.42. The number of hydrogen-bond donors (Lipinski definition) is 9. The van der Waals surface area contributed by atoms with Crippen LogP contribution in [0.15, 0.2) is 0 Å². The van der Waals surface area contributed by atoms with E-state index in [1.807, 2.05) is 0 Å². The van der Waals surface area contributed by atoms with Crippen molar-refractivity contribution in [1.29, 1.82) is 0 Å². The van der Waals surface area contributed by atoms with E-state index in [2.05, 4.69) is 55.2 Å². The zero-order chi connectivity index (χ0) is 30.4. The second-order valence-electron chi connectivity index (χ2n) is 16.4. The number of thiol groups is 1. The molecule has 12 heteroatoms. The Balaban J connectivity index is 1.08. The lowest BCUT2D eigenvalue weighted by atomic mass is 9.70. The molecule has 8 bridgehead atoms. The molecule has 18 atom stereocenters. The largest absolute Gasteiger partial charge is 0.393 e. The number of nitrogens with one attached hydrogen (secondary N) is 8. The molecule has 8 nitrogen and oxygen atoms in total. The molecular formula is C33H55F3N8S. The van der Waals surface area contributed by atoms with Gasteiger partial charge in [0.2, 0.25) is 0 Å². The Morgan fingerprint density at radius 3 is 0.978 bits per heavy atom. The first-order valence-electron chi connectivity index (χ1n) is 18.7. The van der Waals surface area contributed by atoms with Gasteiger partial charge in [-0.05, 0) is 92.8 Å². The Hall–Kier alpha value is -0.180. The monoisotopic (exact) mass is 652 g/mol. The molecule has 4 saturated carbocycles. The van der Waals surface area contributed by atoms with Crippen LogP contribution in [0.1, 0.15) is 89.9 Å². The maximum absolute atomic E-state index is 14.8. The third-order valence-corrected chi connectivity index (χ3v) is 15.0. The molecule has 5 aliphatic heterocycles. The number of halogens is 3. The van der Waals surface area contributed by atoms with E-state index in [0.29, 0.717) is 41.9 Å². The second kappa shape index (κ2) is 12.0. The Morgan fingerprint density at radius 1 is 0.378 bits per heavy atom. The van der Waals surface area contributed by atoms with Crippen LogP contribution in [0.5, 0.6) is 0 Å². The Morgan fingerprint density at radius 2 is 0.667 bits per heavy atom. The first kappa shape index (κ1) is 30.8. The van der Waals surface area contributed by atoms with Gasteiger partial charge in [-0.15, -0.1) is 0 Å². The summed E-state index contributed by atoms with van der Waals surface area (Å²) in [5.41, 5.74) is 0. The molecule has 45 heavy (non-hydrogen) atoms. The van der Waals surface area contributed by atoms with Crippen LogP contribution in [0.4, 0.5) is 13.2 Å². The van der Waals surface area contributed by atoms with Crippen molar-refractivity contribution in [2.45, 2.75) is 151 Å². The molecule has 0 aromatic rings. The highest BCUT2D eigenvalue weighted by molar-refractivity contribution is 7.81. The van der Waals surface area contributed by atoms with Crippen LogP contribution in [-0.2, 0) is 0 Å². The highest BCUT2D eigenvalue weighted by atomic mass is 32.1. The molecule has 18 unspecified atom stereocenters. The van der Waals surface area contributed by atoms with E-state index in [1.165, 1.54) is 70.6 Å². The highest BCUT2D eigenvalue weighted by Gasteiger charge is 2.61. The van der Waals surface area contributed by atoms with Gasteiger partial charge in [0.05, 0.1) is 55.2 Å². The number of rotatable bonds is 0. The molecule has 0 aromatic heterocycles. The van der Waals surface area contributed by atoms with E-state index in [9.17, 15) is 13.2 Å². The molecule has 5 saturated heterocycles. The van der Waals surface area contributed by atoms with Gasteiger partial charge in [0.1, 0.15) is 0 Å². The second-order valence-corrected chi connectivity index (χ2v) is 17.1. The molecule has 4 aliphatic carbocycles. The van der Waals surface area contributed by atoms with Gasteiger partial charge in [-0.2, -0.15) is 25.8 Å². The molecule has 254 valence electrons. The van der Waals surface area contributed by atoms with Crippen molar-refractivity contribution in [2.24, 2.45) is 53.3 Å². The van der Waals surface area contributed by atoms with Crippen molar-refractivity contribution in [2.75, 3.05) is 0 Å². The minimum atomic E-state index is -4.28. The van der Waals surface area contributed by atoms with Crippen molar-refractivity contribution in [3.8, 4) is 0 Å². The van der Waals surface area contributed by atoms with Crippen molar-refractivity contribution < 1.29 is 13.2 Å². The lowest BCUT2D eigenvalue weighted by molar-refractivity contribution is -0.200. The summed E-state index contributed by atoms with van der Waals surface area (Å²) in [4.78, 5) is 0. The summed E-state index contributed by atoms with van der Waals surface area (Å²) in [6, 6.07) is 0. The van der Waals surface area contributed by atoms with E-state index in [4.69, 9.17) is 0 Å². The first-order valence-corrected chi connectivity index (χ1v) is 19.2. The molecule has 0 amide bonds. The fraction of sp³-hybridized carbons (Fsp3) is 1.00. The molecule has 0 spiro atoms. The van der Waals surface area contributed by atoms with Crippen LogP contribution in [-0.4, -0.2) is 60.8 Å². The average Bonchev–Trinajstić information content (AvgIpc) is 3.76. The van der Waals surface area contributed by atoms with Gasteiger partial charge in [-0.1, -0.05) is 38.5 Å². The van der Waals surface area contributed by atoms with E-state index in [1.54, 1.807) is 0 Å². The predicted octanol–water partition coefficient (Wildman–Crippen LogP) is 3.30. The summed E-state index contributed by atoms with van der Waals surface area (Å²) in [6.07, 6.45) is 12.1. The molecule has 9 rings (SSSR count). The van der Waals surface area contributed by atoms with E-state index >= 15 is 0 Å². The van der Waals surface area contributed by atoms with Crippen molar-refractivity contribution in [1.82, 2.24) is 42.5 Å². The van der Waals surface area contributed by atoms with Crippen LogP contribution in [0.25, 0.3) is 0 Å². The summed E-state index contributed by atoms with van der Waals surface area (Å²) in [7, 11) is 0. The Bertz CT molecular complexity index is 1080. The minimum absolute atomic E-state index is 0.0130. The Kier molecular flexibility index (Phi) is 8.23. The summed E-state index contributed by atoms with van der Waals surface area (Å²) in [5.74, 6) is 1.06. The zero-order valence-corrected chi connectivity index (χ0v) is 27.3. The van der Waals surface area contributed by atoms with Gasteiger partial charge >= 0.3 is 6.18 Å². The van der Waals surface area contributed by atoms with E-state index < -0.39 is 29.4 Å². The number of hydrogen-bond acceptors (Lipinski definition) is 9. The molecule has 8 N–H and O–H groups in total. The van der Waals surface area contributed by atoms with E-state index in [0.717, 1.165) is 12.8 Å². The van der Waals surface area contributed by atoms with E-state index in [-0.39, 0.29) is 49.1 Å². The summed E-state index contributed by atoms with van der Waals surface area (Å²) in [6.45, 7) is 0. The normalized spacial score (nSPS) is 56.3. The van der Waals surface area contributed by atoms with Crippen molar-refractivity contribution >= 4 is 12.6 Å². The third kappa shape index (κ3) is 5.34. The minimum Gasteiger partial charge on any atom is -0.286 e. The van der Waals surface area contributed by atoms with Gasteiger partial charge in [0, 0.05) is 11.2 Å². The first-order chi connectivity index (χ1) is 21.8. The average molecular weight is 653 g/mol. The van der Waals surface area contributed by atoms with Crippen molar-refractivity contribution in [3.63, 3.8) is 0 Å². The van der Waals surface area contributed by atoms with Crippen LogP contribution >= 0.6 is 12.6 Å². The van der Waals surface area contributed by atoms with Gasteiger partial charge in [0.15, 0.2) is 0 Å². The van der Waals surface area contributed by atoms with Crippen LogP contribution in [0, 0.1) is 53.3 Å². The topological polar surface area (TPSA) is 96.2 Å². The highest BCUT2D eigenvalue weighted by Crippen LogP contribution is 2.51. The standard InChI is InChI=1S/C33H55F3N8S/c34-33(35,36)24-22(45)14-13-21-23(24)32-43-30-20-12-6-5-11-19(20)28(41-30)39-26-16-8-2-1-7-15(16)25(37-26)38-27-17-9-3-4-10-18(17)29(40-27)42-31(21)44-32/h15-32,37-45H,1-14H2. The van der Waals surface area contributed by atoms with Crippen LogP contribution in [0.3, 0.4) is 0 Å². The van der Waals surface area contributed by atoms with Gasteiger partial charge in [0.25, 0.3) is 0 Å². The molecule has 9 fully saturated rings. The number of alkyl halides is 3. The maximum Gasteiger partial charge on any atom is 0.393 e. The van der Waals surface area contributed by atoms with Gasteiger partial charge in [-0.25, -0.2) is 0 Å². The summed E-state index contributed by atoms with van der Waals surface area (Å²) in [5, 5.41) is 31.2. The molecule has 5 heterocycles. The molecule has 0 radical (unpaired) electrons. The van der Waals surface area contributed by atoms with Gasteiger partial charge in [-0.3, -0.25) is 42.5 Å². The lowest BCUT2D eigenvalue weighted by Crippen LogP contribution is -2.62. The summed E-state index contributed by atoms with van der Waals surface area (Å²) >= 11 is 4.59. The molecular weight excluding hydrogens is 597 g/mol. The Labute approximate surface area is 271 Å². The third-order valence-electron chi connectivity index (χ3n) is 14.4. The van der Waals surface area contributed by atoms with Crippen LogP contribution in [0.2, 0.25) is 0 Å². The SMILES string of the molecule is FC(F)(F)C1C(S)CCC2C3NC4NC(NC5NC(NC6NC(NC(N3)C21)C1CCCCC61)C1CCCCC51)C1CCCCC41. The zero-order valence-electron chi connectivity index (χ0n) is 26.4. The molecule has 0 aromatic carbocycles.